The lowest BCUT2D eigenvalue weighted by molar-refractivity contribution is -0.140. The molecule has 1 aromatic heterocycles. The highest BCUT2D eigenvalue weighted by Gasteiger charge is 2.65. The van der Waals surface area contributed by atoms with Crippen LogP contribution in [0, 0.1) is 0 Å². The molecule has 5 rings (SSSR count). The third-order valence-corrected chi connectivity index (χ3v) is 9.52. The van der Waals surface area contributed by atoms with Crippen molar-refractivity contribution in [3.63, 3.8) is 0 Å². The minimum atomic E-state index is -4.39. The van der Waals surface area contributed by atoms with Crippen LogP contribution >= 0.6 is 29.4 Å². The van der Waals surface area contributed by atoms with Gasteiger partial charge >= 0.3 is 19.4 Å². The molecule has 6 atom stereocenters. The number of benzene rings is 1. The van der Waals surface area contributed by atoms with Crippen LogP contribution < -0.4 is 11.4 Å². The van der Waals surface area contributed by atoms with Crippen LogP contribution in [0.2, 0.25) is 0 Å². The van der Waals surface area contributed by atoms with Crippen LogP contribution in [-0.4, -0.2) is 58.0 Å². The molecular formula is C20H22F2N3O7PS2. The predicted molar refractivity (Wildman–Crippen MR) is 125 cm³/mol. The van der Waals surface area contributed by atoms with Gasteiger partial charge in [-0.2, -0.15) is 13.8 Å². The smallest absolute Gasteiger partial charge is 0.383 e. The van der Waals surface area contributed by atoms with Crippen molar-refractivity contribution in [1.29, 1.82) is 0 Å². The van der Waals surface area contributed by atoms with Crippen LogP contribution in [0.5, 0.6) is 0 Å². The molecule has 10 nitrogen and oxygen atoms in total. The first-order valence-corrected chi connectivity index (χ1v) is 14.6. The second-order valence-electron chi connectivity index (χ2n) is 8.06. The maximum atomic E-state index is 15.3. The summed E-state index contributed by atoms with van der Waals surface area (Å²) in [6.45, 7) is -0.152. The molecule has 15 heteroatoms. The second kappa shape index (κ2) is 10.1. The van der Waals surface area contributed by atoms with Gasteiger partial charge in [0, 0.05) is 17.7 Å². The number of nitrogens with zero attached hydrogens (tertiary/aromatic N) is 2. The Hall–Kier alpha value is -1.51. The molecule has 0 bridgehead atoms. The fraction of sp³-hybridized carbons (Fsp3) is 0.500. The zero-order valence-electron chi connectivity index (χ0n) is 18.1. The van der Waals surface area contributed by atoms with Gasteiger partial charge in [0.05, 0.1) is 19.3 Å². The molecule has 6 unspecified atom stereocenters. The first-order chi connectivity index (χ1) is 16.7. The van der Waals surface area contributed by atoms with Gasteiger partial charge < -0.3 is 15.2 Å². The summed E-state index contributed by atoms with van der Waals surface area (Å²) in [6, 6.07) is 10.7. The molecular weight excluding hydrogens is 527 g/mol. The Kier molecular flexibility index (Phi) is 7.26. The van der Waals surface area contributed by atoms with E-state index in [9.17, 15) is 9.36 Å². The van der Waals surface area contributed by atoms with Gasteiger partial charge in [0.25, 0.3) is 0 Å². The van der Waals surface area contributed by atoms with Crippen LogP contribution in [0.1, 0.15) is 11.8 Å². The minimum absolute atomic E-state index is 0.116. The second-order valence-corrected chi connectivity index (χ2v) is 12.2. The van der Waals surface area contributed by atoms with Crippen molar-refractivity contribution in [3.8, 4) is 0 Å². The molecule has 4 heterocycles. The highest BCUT2D eigenvalue weighted by Crippen LogP contribution is 2.61. The third-order valence-electron chi connectivity index (χ3n) is 5.63. The molecule has 190 valence electrons. The van der Waals surface area contributed by atoms with E-state index in [1.54, 1.807) is 10.8 Å². The van der Waals surface area contributed by atoms with E-state index in [2.05, 4.69) is 4.98 Å². The molecule has 35 heavy (non-hydrogen) atoms. The SMILES string of the molecule is Nc1ccn(C2OC3COP(=O)(OC4CSSCC4OCc4ccccc4)OC3C2(F)F)c(=O)n1. The van der Waals surface area contributed by atoms with E-state index in [0.29, 0.717) is 22.7 Å². The van der Waals surface area contributed by atoms with Gasteiger partial charge in [-0.25, -0.2) is 9.36 Å². The highest BCUT2D eigenvalue weighted by atomic mass is 33.1. The summed E-state index contributed by atoms with van der Waals surface area (Å²) in [7, 11) is -1.33. The lowest BCUT2D eigenvalue weighted by Gasteiger charge is -2.36. The van der Waals surface area contributed by atoms with Crippen molar-refractivity contribution in [2.75, 3.05) is 23.8 Å². The van der Waals surface area contributed by atoms with Gasteiger partial charge in [0.1, 0.15) is 18.0 Å². The summed E-state index contributed by atoms with van der Waals surface area (Å²) in [5, 5.41) is 0. The Morgan fingerprint density at radius 3 is 2.69 bits per heavy atom. The summed E-state index contributed by atoms with van der Waals surface area (Å²) in [5.74, 6) is -2.90. The van der Waals surface area contributed by atoms with E-state index in [4.69, 9.17) is 28.8 Å². The quantitative estimate of drug-likeness (QED) is 0.422. The summed E-state index contributed by atoms with van der Waals surface area (Å²) < 4.78 is 72.0. The summed E-state index contributed by atoms with van der Waals surface area (Å²) >= 11 is 0. The standard InChI is InChI=1S/C20H22F2N3O7PS2/c21-20(22)17-13(30-18(20)25-7-6-16(23)24-19(25)26)9-29-33(27,32-17)31-15-11-35-34-10-14(15)28-8-12-4-2-1-3-5-12/h1-7,13-15,17-18H,8-11H2,(H2,23,24,26). The largest absolute Gasteiger partial charge is 0.475 e. The lowest BCUT2D eigenvalue weighted by atomic mass is 10.1. The van der Waals surface area contributed by atoms with Crippen molar-refractivity contribution in [2.24, 2.45) is 0 Å². The van der Waals surface area contributed by atoms with Crippen LogP contribution in [0.4, 0.5) is 14.6 Å². The van der Waals surface area contributed by atoms with E-state index in [1.165, 1.54) is 16.9 Å². The minimum Gasteiger partial charge on any atom is -0.383 e. The number of hydrogen-bond donors (Lipinski definition) is 1. The van der Waals surface area contributed by atoms with Crippen LogP contribution in [0.3, 0.4) is 0 Å². The average Bonchev–Trinajstić information content (AvgIpc) is 3.08. The first-order valence-electron chi connectivity index (χ1n) is 10.6. The molecule has 2 N–H and O–H groups in total. The van der Waals surface area contributed by atoms with Crippen LogP contribution in [-0.2, 0) is 34.2 Å². The van der Waals surface area contributed by atoms with Crippen molar-refractivity contribution < 1.29 is 36.4 Å². The molecule has 1 aromatic carbocycles. The van der Waals surface area contributed by atoms with E-state index < -0.39 is 56.7 Å². The van der Waals surface area contributed by atoms with Gasteiger partial charge in [-0.15, -0.1) is 0 Å². The molecule has 2 aromatic rings. The molecule has 0 amide bonds. The normalized spacial score (nSPS) is 34.4. The van der Waals surface area contributed by atoms with Gasteiger partial charge in [-0.3, -0.25) is 18.1 Å². The number of ether oxygens (including phenoxy) is 2. The van der Waals surface area contributed by atoms with Gasteiger partial charge in [-0.1, -0.05) is 51.9 Å². The third kappa shape index (κ3) is 5.30. The van der Waals surface area contributed by atoms with Gasteiger partial charge in [-0.05, 0) is 11.6 Å². The maximum absolute atomic E-state index is 15.3. The Bertz CT molecular complexity index is 1160. The van der Waals surface area contributed by atoms with Gasteiger partial charge in [0.15, 0.2) is 6.10 Å². The predicted octanol–water partition coefficient (Wildman–Crippen LogP) is 3.25. The number of nitrogen functional groups attached to an aromatic ring is 1. The molecule has 3 aliphatic rings. The van der Waals surface area contributed by atoms with Crippen molar-refractivity contribution >= 4 is 35.2 Å². The van der Waals surface area contributed by atoms with Crippen molar-refractivity contribution in [3.05, 3.63) is 58.6 Å². The van der Waals surface area contributed by atoms with E-state index in [1.807, 2.05) is 30.3 Å². The number of rotatable bonds is 6. The summed E-state index contributed by atoms with van der Waals surface area (Å²) in [5.41, 5.74) is 5.38. The topological polar surface area (TPSA) is 124 Å². The monoisotopic (exact) mass is 549 g/mol. The maximum Gasteiger partial charge on any atom is 0.475 e. The number of aromatic nitrogens is 2. The Labute approximate surface area is 206 Å². The molecule has 0 spiro atoms. The number of anilines is 1. The Balaban J connectivity index is 1.28. The Morgan fingerprint density at radius 2 is 1.94 bits per heavy atom. The molecule has 3 fully saturated rings. The molecule has 0 radical (unpaired) electrons. The molecule has 0 saturated carbocycles. The molecule has 3 saturated heterocycles. The fourth-order valence-electron chi connectivity index (χ4n) is 3.87. The van der Waals surface area contributed by atoms with Gasteiger partial charge in [0.2, 0.25) is 6.23 Å². The number of phosphoric ester groups is 1. The zero-order chi connectivity index (χ0) is 24.6. The lowest BCUT2D eigenvalue weighted by Crippen LogP contribution is -2.46. The van der Waals surface area contributed by atoms with Crippen molar-refractivity contribution in [2.45, 2.75) is 43.2 Å². The Morgan fingerprint density at radius 1 is 1.20 bits per heavy atom. The van der Waals surface area contributed by atoms with E-state index in [0.717, 1.165) is 11.8 Å². The number of phosphoric acid groups is 1. The van der Waals surface area contributed by atoms with Crippen LogP contribution in [0.15, 0.2) is 47.4 Å². The number of nitrogens with two attached hydrogens (primary N) is 1. The summed E-state index contributed by atoms with van der Waals surface area (Å²) in [6.07, 6.45) is -5.36. The zero-order valence-corrected chi connectivity index (χ0v) is 20.6. The fourth-order valence-corrected chi connectivity index (χ4v) is 8.00. The molecule has 3 aliphatic heterocycles. The number of hydrogen-bond acceptors (Lipinski definition) is 11. The highest BCUT2D eigenvalue weighted by molar-refractivity contribution is 8.76. The van der Waals surface area contributed by atoms with Crippen molar-refractivity contribution in [1.82, 2.24) is 9.55 Å². The number of halogens is 2. The number of alkyl halides is 2. The van der Waals surface area contributed by atoms with E-state index in [-0.39, 0.29) is 5.82 Å². The van der Waals surface area contributed by atoms with E-state index >= 15 is 8.78 Å². The number of fused-ring (bicyclic) bond motifs is 1. The average molecular weight is 550 g/mol. The van der Waals surface area contributed by atoms with Crippen LogP contribution in [0.25, 0.3) is 0 Å². The summed E-state index contributed by atoms with van der Waals surface area (Å²) in [4.78, 5) is 15.6. The first kappa shape index (κ1) is 25.2. The molecule has 0 aliphatic carbocycles.